The van der Waals surface area contributed by atoms with Crippen LogP contribution >= 0.6 is 0 Å². The van der Waals surface area contributed by atoms with Crippen molar-refractivity contribution in [3.05, 3.63) is 24.3 Å². The van der Waals surface area contributed by atoms with E-state index in [0.717, 1.165) is 30.9 Å². The van der Waals surface area contributed by atoms with Gasteiger partial charge in [-0.05, 0) is 30.9 Å². The smallest absolute Gasteiger partial charge is 0.224 e. The third kappa shape index (κ3) is 3.74. The number of hydrogen-bond acceptors (Lipinski definition) is 3. The van der Waals surface area contributed by atoms with Crippen molar-refractivity contribution < 1.29 is 14.3 Å². The number of carbonyl (C=O) groups excluding carboxylic acids is 1. The summed E-state index contributed by atoms with van der Waals surface area (Å²) in [5, 5.41) is 2.89. The first-order valence-electron chi connectivity index (χ1n) is 6.29. The van der Waals surface area contributed by atoms with Crippen molar-refractivity contribution in [1.82, 2.24) is 0 Å². The van der Waals surface area contributed by atoms with Gasteiger partial charge in [-0.15, -0.1) is 0 Å². The van der Waals surface area contributed by atoms with Crippen molar-refractivity contribution >= 4 is 11.6 Å². The van der Waals surface area contributed by atoms with Gasteiger partial charge in [0.15, 0.2) is 0 Å². The Bertz CT molecular complexity index is 400. The Morgan fingerprint density at radius 1 is 1.56 bits per heavy atom. The van der Waals surface area contributed by atoms with Gasteiger partial charge in [-0.3, -0.25) is 4.79 Å². The van der Waals surface area contributed by atoms with Gasteiger partial charge >= 0.3 is 0 Å². The van der Waals surface area contributed by atoms with Gasteiger partial charge in [0.25, 0.3) is 0 Å². The fourth-order valence-corrected chi connectivity index (χ4v) is 2.14. The van der Waals surface area contributed by atoms with Crippen molar-refractivity contribution in [2.24, 2.45) is 5.92 Å². The lowest BCUT2D eigenvalue weighted by Crippen LogP contribution is -2.23. The fourth-order valence-electron chi connectivity index (χ4n) is 2.14. The summed E-state index contributed by atoms with van der Waals surface area (Å²) in [6.07, 6.45) is 2.65. The minimum Gasteiger partial charge on any atom is -0.497 e. The van der Waals surface area contributed by atoms with Gasteiger partial charge in [-0.25, -0.2) is 0 Å². The minimum atomic E-state index is 0.0405. The molecule has 1 heterocycles. The Morgan fingerprint density at radius 2 is 2.44 bits per heavy atom. The molecule has 1 aromatic rings. The lowest BCUT2D eigenvalue weighted by atomic mass is 9.98. The van der Waals surface area contributed by atoms with Crippen molar-refractivity contribution in [2.45, 2.75) is 19.3 Å². The second kappa shape index (κ2) is 6.40. The van der Waals surface area contributed by atoms with Crippen molar-refractivity contribution in [1.29, 1.82) is 0 Å². The molecule has 0 spiro atoms. The predicted octanol–water partition coefficient (Wildman–Crippen LogP) is 2.45. The van der Waals surface area contributed by atoms with Crippen LogP contribution in [0.3, 0.4) is 0 Å². The SMILES string of the molecule is COc1cccc(NC(=O)CC2CCCOC2)c1. The van der Waals surface area contributed by atoms with E-state index in [9.17, 15) is 4.79 Å². The summed E-state index contributed by atoms with van der Waals surface area (Å²) < 4.78 is 10.5. The van der Waals surface area contributed by atoms with Crippen LogP contribution in [0.1, 0.15) is 19.3 Å². The molecule has 1 aromatic carbocycles. The number of methoxy groups -OCH3 is 1. The van der Waals surface area contributed by atoms with Crippen LogP contribution in [-0.4, -0.2) is 26.2 Å². The van der Waals surface area contributed by atoms with Crippen LogP contribution in [0.5, 0.6) is 5.75 Å². The molecule has 1 atom stereocenters. The Balaban J connectivity index is 1.85. The number of anilines is 1. The lowest BCUT2D eigenvalue weighted by Gasteiger charge is -2.21. The Labute approximate surface area is 107 Å². The van der Waals surface area contributed by atoms with E-state index in [0.29, 0.717) is 18.9 Å². The summed E-state index contributed by atoms with van der Waals surface area (Å²) in [6.45, 7) is 1.53. The van der Waals surface area contributed by atoms with Crippen molar-refractivity contribution in [2.75, 3.05) is 25.6 Å². The van der Waals surface area contributed by atoms with Crippen LogP contribution in [0.15, 0.2) is 24.3 Å². The first kappa shape index (κ1) is 12.9. The molecular weight excluding hydrogens is 230 g/mol. The highest BCUT2D eigenvalue weighted by molar-refractivity contribution is 5.91. The molecule has 0 bridgehead atoms. The van der Waals surface area contributed by atoms with Gasteiger partial charge in [-0.2, -0.15) is 0 Å². The highest BCUT2D eigenvalue weighted by Crippen LogP contribution is 2.20. The van der Waals surface area contributed by atoms with Crippen molar-refractivity contribution in [3.63, 3.8) is 0 Å². The summed E-state index contributed by atoms with van der Waals surface area (Å²) >= 11 is 0. The number of nitrogens with one attached hydrogen (secondary N) is 1. The highest BCUT2D eigenvalue weighted by Gasteiger charge is 2.17. The summed E-state index contributed by atoms with van der Waals surface area (Å²) in [4.78, 5) is 11.9. The summed E-state index contributed by atoms with van der Waals surface area (Å²) in [5.41, 5.74) is 0.774. The zero-order chi connectivity index (χ0) is 12.8. The Hall–Kier alpha value is -1.55. The van der Waals surface area contributed by atoms with E-state index < -0.39 is 0 Å². The molecular formula is C14H19NO3. The Morgan fingerprint density at radius 3 is 3.17 bits per heavy atom. The quantitative estimate of drug-likeness (QED) is 0.891. The molecule has 0 aliphatic carbocycles. The number of ether oxygens (including phenoxy) is 2. The van der Waals surface area contributed by atoms with Crippen LogP contribution in [0, 0.1) is 5.92 Å². The van der Waals surface area contributed by atoms with Gasteiger partial charge in [0.05, 0.1) is 7.11 Å². The molecule has 0 aromatic heterocycles. The fraction of sp³-hybridized carbons (Fsp3) is 0.500. The number of benzene rings is 1. The molecule has 1 saturated heterocycles. The zero-order valence-electron chi connectivity index (χ0n) is 10.6. The van der Waals surface area contributed by atoms with Gasteiger partial charge in [0, 0.05) is 31.4 Å². The number of carbonyl (C=O) groups is 1. The molecule has 2 rings (SSSR count). The van der Waals surface area contributed by atoms with E-state index in [1.54, 1.807) is 7.11 Å². The summed E-state index contributed by atoms with van der Waals surface area (Å²) in [6, 6.07) is 7.38. The van der Waals surface area contributed by atoms with E-state index >= 15 is 0 Å². The second-order valence-corrected chi connectivity index (χ2v) is 4.57. The van der Waals surface area contributed by atoms with Gasteiger partial charge < -0.3 is 14.8 Å². The van der Waals surface area contributed by atoms with Crippen LogP contribution in [0.4, 0.5) is 5.69 Å². The predicted molar refractivity (Wildman–Crippen MR) is 69.8 cm³/mol. The maximum absolute atomic E-state index is 11.9. The van der Waals surface area contributed by atoms with Crippen molar-refractivity contribution in [3.8, 4) is 5.75 Å². The minimum absolute atomic E-state index is 0.0405. The van der Waals surface area contributed by atoms with E-state index in [4.69, 9.17) is 9.47 Å². The third-order valence-corrected chi connectivity index (χ3v) is 3.08. The van der Waals surface area contributed by atoms with E-state index in [2.05, 4.69) is 5.32 Å². The summed E-state index contributed by atoms with van der Waals surface area (Å²) in [7, 11) is 1.61. The third-order valence-electron chi connectivity index (χ3n) is 3.08. The molecule has 1 aliphatic heterocycles. The molecule has 1 fully saturated rings. The van der Waals surface area contributed by atoms with Gasteiger partial charge in [0.2, 0.25) is 5.91 Å². The van der Waals surface area contributed by atoms with E-state index in [1.165, 1.54) is 0 Å². The monoisotopic (exact) mass is 249 g/mol. The second-order valence-electron chi connectivity index (χ2n) is 4.57. The molecule has 4 nitrogen and oxygen atoms in total. The van der Waals surface area contributed by atoms with Gasteiger partial charge in [0.1, 0.15) is 5.75 Å². The number of amides is 1. The lowest BCUT2D eigenvalue weighted by molar-refractivity contribution is -0.118. The number of hydrogen-bond donors (Lipinski definition) is 1. The first-order valence-corrected chi connectivity index (χ1v) is 6.29. The molecule has 1 unspecified atom stereocenters. The van der Waals surface area contributed by atoms with E-state index in [1.807, 2.05) is 24.3 Å². The van der Waals surface area contributed by atoms with Crippen LogP contribution < -0.4 is 10.1 Å². The molecule has 0 saturated carbocycles. The highest BCUT2D eigenvalue weighted by atomic mass is 16.5. The first-order chi connectivity index (χ1) is 8.78. The average molecular weight is 249 g/mol. The molecule has 18 heavy (non-hydrogen) atoms. The van der Waals surface area contributed by atoms with Crippen LogP contribution in [-0.2, 0) is 9.53 Å². The molecule has 0 radical (unpaired) electrons. The molecule has 1 amide bonds. The largest absolute Gasteiger partial charge is 0.497 e. The maximum atomic E-state index is 11.9. The molecule has 1 aliphatic rings. The normalized spacial score (nSPS) is 19.3. The maximum Gasteiger partial charge on any atom is 0.224 e. The Kier molecular flexibility index (Phi) is 4.59. The number of rotatable bonds is 4. The average Bonchev–Trinajstić information content (AvgIpc) is 2.40. The molecule has 98 valence electrons. The van der Waals surface area contributed by atoms with Crippen LogP contribution in [0.2, 0.25) is 0 Å². The standard InChI is InChI=1S/C14H19NO3/c1-17-13-6-2-5-12(9-13)15-14(16)8-11-4-3-7-18-10-11/h2,5-6,9,11H,3-4,7-8,10H2,1H3,(H,15,16). The molecule has 4 heteroatoms. The van der Waals surface area contributed by atoms with Gasteiger partial charge in [-0.1, -0.05) is 6.07 Å². The topological polar surface area (TPSA) is 47.6 Å². The zero-order valence-corrected chi connectivity index (χ0v) is 10.6. The molecule has 1 N–H and O–H groups in total. The van der Waals surface area contributed by atoms with E-state index in [-0.39, 0.29) is 5.91 Å². The van der Waals surface area contributed by atoms with Crippen LogP contribution in [0.25, 0.3) is 0 Å². The summed E-state index contributed by atoms with van der Waals surface area (Å²) in [5.74, 6) is 1.14.